The maximum Gasteiger partial charge on any atom is 0.211 e. The molecule has 12 aromatic rings. The van der Waals surface area contributed by atoms with E-state index in [0.717, 1.165) is 120 Å². The van der Waals surface area contributed by atoms with E-state index in [1.54, 1.807) is 58.5 Å². The van der Waals surface area contributed by atoms with Crippen molar-refractivity contribution in [3.8, 4) is 22.5 Å². The second kappa shape index (κ2) is 25.4. The van der Waals surface area contributed by atoms with E-state index in [0.29, 0.717) is 120 Å². The van der Waals surface area contributed by atoms with Gasteiger partial charge in [-0.2, -0.15) is 10.2 Å². The van der Waals surface area contributed by atoms with E-state index in [1.807, 2.05) is 69.0 Å². The highest BCUT2D eigenvalue weighted by atomic mass is 35.5. The number of H-pyrrole nitrogens is 2. The first kappa shape index (κ1) is 64.7. The number of aromatic nitrogens is 15. The zero-order valence-corrected chi connectivity index (χ0v) is 59.7. The summed E-state index contributed by atoms with van der Waals surface area (Å²) in [6.07, 6.45) is 14.2. The summed E-state index contributed by atoms with van der Waals surface area (Å²) in [5, 5.41) is 27.1. The summed E-state index contributed by atoms with van der Waals surface area (Å²) in [5.74, 6) is 6.17. The molecule has 3 saturated carbocycles. The summed E-state index contributed by atoms with van der Waals surface area (Å²) in [7, 11) is 0. The number of anilines is 4. The minimum absolute atomic E-state index is 0.00947. The normalized spacial score (nSPS) is 24.5. The maximum atomic E-state index is 6.39. The number of rotatable bonds is 13. The molecule has 97 heavy (non-hydrogen) atoms. The van der Waals surface area contributed by atoms with Gasteiger partial charge in [-0.1, -0.05) is 94.0 Å². The van der Waals surface area contributed by atoms with Gasteiger partial charge in [-0.15, -0.1) is 34.0 Å². The fraction of sp³-hybridized carbons (Fsp3) is 0.364. The summed E-state index contributed by atoms with van der Waals surface area (Å²) >= 11 is 38.2. The maximum absolute atomic E-state index is 6.39. The van der Waals surface area contributed by atoms with Gasteiger partial charge in [-0.05, 0) is 93.7 Å². The fourth-order valence-electron chi connectivity index (χ4n) is 15.8. The molecule has 3 aliphatic heterocycles. The average Bonchev–Trinajstić information content (AvgIpc) is 1.54. The zero-order chi connectivity index (χ0) is 66.8. The Morgan fingerprint density at radius 1 is 0.526 bits per heavy atom. The SMILES string of the molecule is Cc1csc(C2(CN)C3CCN(c4cnc5c(-c6cccc(Cl)c6Cl)n[nH]c5n4)CC32)n1.Cc1csc(C2(CN)C3CCN(c4ncc(Sc5ccnc(N)c5Cl)c5nccn45)CC32)n1.Cc1csc([C@@]2(CN)[C@@H]3CCN(c4cnc5c(-c6cccc(Cl)c6Cl)n[nH]c5n4)C[C@@H]32)n1. The Bertz CT molecular complexity index is 4790. The van der Waals surface area contributed by atoms with E-state index in [1.165, 1.54) is 26.8 Å². The lowest BCUT2D eigenvalue weighted by Crippen LogP contribution is -2.34. The van der Waals surface area contributed by atoms with Crippen LogP contribution in [0.4, 0.5) is 23.4 Å². The molecule has 0 bridgehead atoms. The number of aryl methyl sites for hydroxylation is 3. The van der Waals surface area contributed by atoms with Crippen molar-refractivity contribution < 1.29 is 0 Å². The second-order valence-electron chi connectivity index (χ2n) is 25.8. The Kier molecular flexibility index (Phi) is 16.9. The lowest BCUT2D eigenvalue weighted by molar-refractivity contribution is 0.539. The largest absolute Gasteiger partial charge is 0.382 e. The molecule has 22 nitrogen and oxygen atoms in total. The molecule has 9 atom stereocenters. The number of hydrogen-bond acceptors (Lipinski definition) is 23. The Morgan fingerprint density at radius 2 is 0.990 bits per heavy atom. The van der Waals surface area contributed by atoms with Crippen LogP contribution in [0.15, 0.2) is 106 Å². The van der Waals surface area contributed by atoms with E-state index in [4.69, 9.17) is 111 Å². The van der Waals surface area contributed by atoms with Crippen LogP contribution in [-0.4, -0.2) is 134 Å². The molecule has 6 fully saturated rings. The number of piperidine rings is 3. The van der Waals surface area contributed by atoms with Gasteiger partial charge in [0.25, 0.3) is 0 Å². The van der Waals surface area contributed by atoms with Gasteiger partial charge in [0.15, 0.2) is 16.9 Å². The lowest BCUT2D eigenvalue weighted by Gasteiger charge is -2.27. The summed E-state index contributed by atoms with van der Waals surface area (Å²) in [6.45, 7) is 13.6. The molecule has 31 heteroatoms. The van der Waals surface area contributed by atoms with Gasteiger partial charge in [0.2, 0.25) is 5.95 Å². The molecule has 498 valence electrons. The van der Waals surface area contributed by atoms with Gasteiger partial charge in [-0.25, -0.2) is 49.8 Å². The number of imidazole rings is 1. The molecule has 10 aromatic heterocycles. The van der Waals surface area contributed by atoms with Crippen molar-refractivity contribution in [2.24, 2.45) is 52.7 Å². The first-order chi connectivity index (χ1) is 47.1. The number of nitrogens with one attached hydrogen (secondary N) is 2. The van der Waals surface area contributed by atoms with Crippen molar-refractivity contribution in [3.05, 3.63) is 153 Å². The van der Waals surface area contributed by atoms with Crippen molar-refractivity contribution in [1.29, 1.82) is 0 Å². The molecule has 3 aliphatic carbocycles. The van der Waals surface area contributed by atoms with Crippen LogP contribution in [-0.2, 0) is 16.2 Å². The highest BCUT2D eigenvalue weighted by molar-refractivity contribution is 7.99. The quantitative estimate of drug-likeness (QED) is 0.0625. The molecule has 6 aliphatic rings. The van der Waals surface area contributed by atoms with Crippen molar-refractivity contribution in [2.75, 3.05) is 79.3 Å². The predicted molar refractivity (Wildman–Crippen MR) is 389 cm³/mol. The Labute approximate surface area is 598 Å². The van der Waals surface area contributed by atoms with Crippen molar-refractivity contribution >= 4 is 155 Å². The van der Waals surface area contributed by atoms with Crippen molar-refractivity contribution in [2.45, 2.75) is 66.1 Å². The van der Waals surface area contributed by atoms with Crippen LogP contribution in [0.3, 0.4) is 0 Å². The number of pyridine rings is 1. The number of fused-ring (bicyclic) bond motifs is 6. The number of thiazole rings is 3. The molecule has 2 aromatic carbocycles. The smallest absolute Gasteiger partial charge is 0.211 e. The molecule has 0 spiro atoms. The number of benzene rings is 2. The molecule has 0 amide bonds. The number of nitrogens with two attached hydrogens (primary N) is 4. The van der Waals surface area contributed by atoms with Crippen LogP contribution in [0.5, 0.6) is 0 Å². The summed E-state index contributed by atoms with van der Waals surface area (Å²) in [6, 6.07) is 12.8. The number of aromatic amines is 2. The van der Waals surface area contributed by atoms with E-state index in [2.05, 4.69) is 82.5 Å². The Hall–Kier alpha value is -6.92. The molecular formula is C66H65Cl5N22S4. The minimum Gasteiger partial charge on any atom is -0.382 e. The van der Waals surface area contributed by atoms with Crippen LogP contribution in [0.25, 0.3) is 50.5 Å². The summed E-state index contributed by atoms with van der Waals surface area (Å²) in [4.78, 5) is 55.6. The zero-order valence-electron chi connectivity index (χ0n) is 52.7. The standard InChI is InChI=1S/2C22H21Cl2N7S.C22H23ClN8S2/c2*1-11-9-32-21(27-11)22(10-25)13-5-6-31(8-14(13)22)16-7-26-19-18(29-30-20(19)28-16)12-3-2-4-15(23)17(12)24;1-12-10-32-20(29-12)22(11-24)13-3-6-30(9-14(13)22)21-28-8-16(19-27-5-7-31(19)21)33-15-2-4-26-18(25)17(15)23/h2*2-4,7,9,13-14H,5-6,8,10,25H2,1H3,(H,28,29,30);2,4-5,7-8,10,13-14H,3,6,9,11,24H2,1H3,(H2,25,26)/t13-,14+,22+;;/m1../s1. The topological polar surface area (TPSA) is 304 Å². The summed E-state index contributed by atoms with van der Waals surface area (Å²) in [5.41, 5.74) is 34.3. The summed E-state index contributed by atoms with van der Waals surface area (Å²) < 4.78 is 2.06. The van der Waals surface area contributed by atoms with Gasteiger partial charge in [0, 0.05) is 149 Å². The van der Waals surface area contributed by atoms with Gasteiger partial charge >= 0.3 is 0 Å². The predicted octanol–water partition coefficient (Wildman–Crippen LogP) is 12.5. The number of nitrogen functional groups attached to an aromatic ring is 1. The molecule has 10 N–H and O–H groups in total. The van der Waals surface area contributed by atoms with Crippen LogP contribution in [0.2, 0.25) is 25.1 Å². The third-order valence-corrected chi connectivity index (χ3v) is 27.6. The van der Waals surface area contributed by atoms with E-state index >= 15 is 0 Å². The van der Waals surface area contributed by atoms with E-state index in [-0.39, 0.29) is 16.2 Å². The Balaban J connectivity index is 0.000000114. The molecule has 3 saturated heterocycles. The van der Waals surface area contributed by atoms with Gasteiger partial charge < -0.3 is 37.6 Å². The highest BCUT2D eigenvalue weighted by Crippen LogP contribution is 2.66. The van der Waals surface area contributed by atoms with Gasteiger partial charge in [0.05, 0.1) is 42.4 Å². The number of nitrogens with zero attached hydrogens (tertiary/aromatic N) is 16. The second-order valence-corrected chi connectivity index (χ2v) is 31.4. The first-order valence-electron chi connectivity index (χ1n) is 31.9. The molecule has 0 radical (unpaired) electrons. The molecule has 13 heterocycles. The highest BCUT2D eigenvalue weighted by Gasteiger charge is 2.69. The van der Waals surface area contributed by atoms with Crippen LogP contribution in [0, 0.1) is 56.3 Å². The van der Waals surface area contributed by atoms with E-state index < -0.39 is 0 Å². The fourth-order valence-corrected chi connectivity index (χ4v) is 21.1. The molecule has 18 rings (SSSR count). The monoisotopic (exact) mass is 1470 g/mol. The molecule has 6 unspecified atom stereocenters. The number of halogens is 5. The third-order valence-electron chi connectivity index (χ3n) is 20.9. The molecular weight excluding hydrogens is 1410 g/mol. The van der Waals surface area contributed by atoms with E-state index in [9.17, 15) is 0 Å². The van der Waals surface area contributed by atoms with Crippen LogP contribution >= 0.6 is 104 Å². The average molecular weight is 1470 g/mol. The van der Waals surface area contributed by atoms with Crippen molar-refractivity contribution in [1.82, 2.24) is 74.6 Å². The Morgan fingerprint density at radius 3 is 1.44 bits per heavy atom. The van der Waals surface area contributed by atoms with Crippen molar-refractivity contribution in [3.63, 3.8) is 0 Å². The third kappa shape index (κ3) is 10.9. The van der Waals surface area contributed by atoms with Gasteiger partial charge in [0.1, 0.15) is 54.9 Å². The minimum atomic E-state index is 0.00947. The van der Waals surface area contributed by atoms with Gasteiger partial charge in [-0.3, -0.25) is 14.6 Å². The first-order valence-corrected chi connectivity index (χ1v) is 37.3. The lowest BCUT2D eigenvalue weighted by atomic mass is 10.0. The number of hydrogen-bond donors (Lipinski definition) is 6. The van der Waals surface area contributed by atoms with Crippen LogP contribution in [0.1, 0.15) is 51.4 Å². The van der Waals surface area contributed by atoms with Crippen LogP contribution < -0.4 is 37.6 Å².